The number of unbranched alkanes of at least 4 members (excludes halogenated alkanes) is 1. The van der Waals surface area contributed by atoms with Gasteiger partial charge in [0.15, 0.2) is 0 Å². The van der Waals surface area contributed by atoms with Crippen LogP contribution in [0.5, 0.6) is 0 Å². The number of rotatable bonds is 10. The number of alkyl halides is 3. The van der Waals surface area contributed by atoms with Gasteiger partial charge in [-0.05, 0) is 84.9 Å². The highest BCUT2D eigenvalue weighted by molar-refractivity contribution is 5.97. The standard InChI is InChI=1S/C31H32F3N3O2/c32-31(33,34)21-37(18-7-6-15-36-16-8-17-36)30(39)28-25-12-5-4-11-24(25)27-19-22(13-14-26(27)28)20-35-29(38)23-9-2-1-3-10-23/h1-5,9-14,19,28H,6-8,15-18,20-21H2,(H,35,38). The summed E-state index contributed by atoms with van der Waals surface area (Å²) in [5, 5.41) is 2.91. The maximum atomic E-state index is 13.8. The fourth-order valence-electron chi connectivity index (χ4n) is 5.41. The van der Waals surface area contributed by atoms with E-state index in [1.54, 1.807) is 24.3 Å². The van der Waals surface area contributed by atoms with Crippen LogP contribution in [0.2, 0.25) is 0 Å². The van der Waals surface area contributed by atoms with Crippen LogP contribution in [0, 0.1) is 0 Å². The lowest BCUT2D eigenvalue weighted by atomic mass is 9.94. The number of hydrogen-bond acceptors (Lipinski definition) is 3. The second-order valence-corrected chi connectivity index (χ2v) is 10.3. The second-order valence-electron chi connectivity index (χ2n) is 10.3. The van der Waals surface area contributed by atoms with Gasteiger partial charge in [0.1, 0.15) is 6.54 Å². The number of halogens is 3. The van der Waals surface area contributed by atoms with Gasteiger partial charge in [-0.2, -0.15) is 13.2 Å². The predicted molar refractivity (Wildman–Crippen MR) is 144 cm³/mol. The average molecular weight is 536 g/mol. The summed E-state index contributed by atoms with van der Waals surface area (Å²) < 4.78 is 40.6. The summed E-state index contributed by atoms with van der Waals surface area (Å²) in [4.78, 5) is 29.5. The van der Waals surface area contributed by atoms with E-state index in [9.17, 15) is 22.8 Å². The predicted octanol–water partition coefficient (Wildman–Crippen LogP) is 5.61. The highest BCUT2D eigenvalue weighted by atomic mass is 19.4. The Morgan fingerprint density at radius 1 is 0.897 bits per heavy atom. The summed E-state index contributed by atoms with van der Waals surface area (Å²) in [6, 6.07) is 21.9. The van der Waals surface area contributed by atoms with Crippen molar-refractivity contribution in [1.82, 2.24) is 15.1 Å². The van der Waals surface area contributed by atoms with E-state index in [2.05, 4.69) is 10.2 Å². The molecule has 5 rings (SSSR count). The van der Waals surface area contributed by atoms with Crippen LogP contribution in [0.15, 0.2) is 72.8 Å². The van der Waals surface area contributed by atoms with E-state index in [1.807, 2.05) is 48.5 Å². The van der Waals surface area contributed by atoms with Crippen molar-refractivity contribution in [1.29, 1.82) is 0 Å². The number of benzene rings is 3. The molecule has 1 saturated heterocycles. The van der Waals surface area contributed by atoms with Gasteiger partial charge < -0.3 is 15.1 Å². The van der Waals surface area contributed by atoms with Gasteiger partial charge >= 0.3 is 6.18 Å². The molecule has 1 heterocycles. The Labute approximate surface area is 226 Å². The number of carbonyl (C=O) groups excluding carboxylic acids is 2. The van der Waals surface area contributed by atoms with Gasteiger partial charge in [0.2, 0.25) is 5.91 Å². The quantitative estimate of drug-likeness (QED) is 0.344. The highest BCUT2D eigenvalue weighted by Gasteiger charge is 2.40. The van der Waals surface area contributed by atoms with Crippen molar-refractivity contribution in [3.8, 4) is 11.1 Å². The number of nitrogens with one attached hydrogen (secondary N) is 1. The zero-order valence-electron chi connectivity index (χ0n) is 21.7. The topological polar surface area (TPSA) is 52.7 Å². The zero-order chi connectivity index (χ0) is 27.4. The molecule has 0 radical (unpaired) electrons. The minimum atomic E-state index is -4.48. The van der Waals surface area contributed by atoms with Crippen LogP contribution in [0.3, 0.4) is 0 Å². The summed E-state index contributed by atoms with van der Waals surface area (Å²) in [6.07, 6.45) is -2.02. The molecule has 2 aliphatic rings. The van der Waals surface area contributed by atoms with E-state index in [1.165, 1.54) is 6.42 Å². The summed E-state index contributed by atoms with van der Waals surface area (Å²) in [6.45, 7) is 2.04. The molecule has 1 aliphatic heterocycles. The minimum Gasteiger partial charge on any atom is -0.348 e. The van der Waals surface area contributed by atoms with Gasteiger partial charge in [-0.3, -0.25) is 9.59 Å². The molecule has 204 valence electrons. The maximum Gasteiger partial charge on any atom is 0.406 e. The lowest BCUT2D eigenvalue weighted by molar-refractivity contribution is -0.161. The molecule has 39 heavy (non-hydrogen) atoms. The Morgan fingerprint density at radius 2 is 1.62 bits per heavy atom. The number of nitrogens with zero attached hydrogens (tertiary/aromatic N) is 2. The molecule has 1 aliphatic carbocycles. The van der Waals surface area contributed by atoms with Gasteiger partial charge in [0, 0.05) is 18.7 Å². The third-order valence-electron chi connectivity index (χ3n) is 7.51. The van der Waals surface area contributed by atoms with E-state index < -0.39 is 24.5 Å². The number of amides is 2. The molecule has 5 nitrogen and oxygen atoms in total. The number of fused-ring (bicyclic) bond motifs is 3. The Hall–Kier alpha value is -3.65. The first-order valence-electron chi connectivity index (χ1n) is 13.4. The Kier molecular flexibility index (Phi) is 8.02. The van der Waals surface area contributed by atoms with Crippen molar-refractivity contribution in [2.75, 3.05) is 32.7 Å². The van der Waals surface area contributed by atoms with E-state index in [0.717, 1.165) is 53.2 Å². The molecule has 0 saturated carbocycles. The van der Waals surface area contributed by atoms with Crippen molar-refractivity contribution in [2.24, 2.45) is 0 Å². The second kappa shape index (κ2) is 11.6. The largest absolute Gasteiger partial charge is 0.406 e. The van der Waals surface area contributed by atoms with Crippen molar-refractivity contribution in [2.45, 2.75) is 37.9 Å². The first-order valence-corrected chi connectivity index (χ1v) is 13.4. The monoisotopic (exact) mass is 535 g/mol. The molecule has 0 aromatic heterocycles. The molecule has 3 aromatic rings. The van der Waals surface area contributed by atoms with Crippen molar-refractivity contribution in [3.63, 3.8) is 0 Å². The molecule has 8 heteroatoms. The van der Waals surface area contributed by atoms with Crippen molar-refractivity contribution in [3.05, 3.63) is 95.1 Å². The normalized spacial score (nSPS) is 16.2. The van der Waals surface area contributed by atoms with Crippen LogP contribution in [-0.4, -0.2) is 60.5 Å². The smallest absolute Gasteiger partial charge is 0.348 e. The number of hydrogen-bond donors (Lipinski definition) is 1. The highest BCUT2D eigenvalue weighted by Crippen LogP contribution is 2.46. The molecule has 0 spiro atoms. The minimum absolute atomic E-state index is 0.0732. The van der Waals surface area contributed by atoms with Crippen LogP contribution in [-0.2, 0) is 11.3 Å². The first-order chi connectivity index (χ1) is 18.8. The lowest BCUT2D eigenvalue weighted by Crippen LogP contribution is -2.42. The molecule has 1 unspecified atom stereocenters. The van der Waals surface area contributed by atoms with E-state index in [4.69, 9.17) is 0 Å². The van der Waals surface area contributed by atoms with Gasteiger partial charge in [-0.1, -0.05) is 54.6 Å². The number of carbonyl (C=O) groups is 2. The Bertz CT molecular complexity index is 1320. The Balaban J connectivity index is 1.35. The average Bonchev–Trinajstić information content (AvgIpc) is 3.23. The Morgan fingerprint density at radius 3 is 2.33 bits per heavy atom. The van der Waals surface area contributed by atoms with Crippen LogP contribution in [0.4, 0.5) is 13.2 Å². The third kappa shape index (κ3) is 6.33. The SMILES string of the molecule is O=C(NCc1ccc2c(c1)-c1ccccc1C2C(=O)N(CCCCN1CCC1)CC(F)(F)F)c1ccccc1. The van der Waals surface area contributed by atoms with Crippen LogP contribution in [0.1, 0.15) is 52.2 Å². The third-order valence-corrected chi connectivity index (χ3v) is 7.51. The summed E-state index contributed by atoms with van der Waals surface area (Å²) in [5.74, 6) is -1.50. The molecule has 1 atom stereocenters. The van der Waals surface area contributed by atoms with Crippen LogP contribution >= 0.6 is 0 Å². The zero-order valence-corrected chi connectivity index (χ0v) is 21.7. The summed E-state index contributed by atoms with van der Waals surface area (Å²) >= 11 is 0. The van der Waals surface area contributed by atoms with Gasteiger partial charge in [-0.15, -0.1) is 0 Å². The molecule has 1 N–H and O–H groups in total. The van der Waals surface area contributed by atoms with Crippen molar-refractivity contribution < 1.29 is 22.8 Å². The lowest BCUT2D eigenvalue weighted by Gasteiger charge is -2.31. The van der Waals surface area contributed by atoms with Crippen molar-refractivity contribution >= 4 is 11.8 Å². The molecular weight excluding hydrogens is 503 g/mol. The first kappa shape index (κ1) is 26.9. The van der Waals surface area contributed by atoms with Gasteiger partial charge in [-0.25, -0.2) is 0 Å². The summed E-state index contributed by atoms with van der Waals surface area (Å²) in [5.41, 5.74) is 4.48. The molecule has 2 amide bonds. The fraction of sp³-hybridized carbons (Fsp3) is 0.355. The van der Waals surface area contributed by atoms with E-state index in [-0.39, 0.29) is 12.5 Å². The molecule has 1 fully saturated rings. The van der Waals surface area contributed by atoms with Crippen LogP contribution in [0.25, 0.3) is 11.1 Å². The van der Waals surface area contributed by atoms with Crippen LogP contribution < -0.4 is 5.32 Å². The summed E-state index contributed by atoms with van der Waals surface area (Å²) in [7, 11) is 0. The van der Waals surface area contributed by atoms with E-state index >= 15 is 0 Å². The molecular formula is C31H32F3N3O2. The molecule has 3 aromatic carbocycles. The van der Waals surface area contributed by atoms with Gasteiger partial charge in [0.05, 0.1) is 5.92 Å². The maximum absolute atomic E-state index is 13.8. The molecule has 0 bridgehead atoms. The fourth-order valence-corrected chi connectivity index (χ4v) is 5.41. The van der Waals surface area contributed by atoms with Gasteiger partial charge in [0.25, 0.3) is 5.91 Å². The van der Waals surface area contributed by atoms with E-state index in [0.29, 0.717) is 24.1 Å². The number of likely N-dealkylation sites (tertiary alicyclic amines) is 1.